The minimum atomic E-state index is -4.24. The highest BCUT2D eigenvalue weighted by Gasteiger charge is 2.32. The van der Waals surface area contributed by atoms with Gasteiger partial charge in [0.2, 0.25) is 15.9 Å². The second-order valence-electron chi connectivity index (χ2n) is 7.13. The molecular formula is C21H27N3O6S. The summed E-state index contributed by atoms with van der Waals surface area (Å²) in [6.45, 7) is 4.94. The normalized spacial score (nSPS) is 12.2. The molecule has 10 heteroatoms. The van der Waals surface area contributed by atoms with Crippen molar-refractivity contribution in [3.8, 4) is 16.9 Å². The Morgan fingerprint density at radius 3 is 2.35 bits per heavy atom. The molecule has 0 aliphatic heterocycles. The smallest absolute Gasteiger partial charge is 0.263 e. The number of ether oxygens (including phenoxy) is 1. The number of benzene rings is 2. The number of rotatable bonds is 10. The average Bonchev–Trinajstić information content (AvgIpc) is 2.70. The number of carbonyl (C=O) groups is 2. The Morgan fingerprint density at radius 1 is 1.10 bits per heavy atom. The molecule has 0 saturated heterocycles. The van der Waals surface area contributed by atoms with Gasteiger partial charge in [-0.1, -0.05) is 30.3 Å². The Balaban J connectivity index is 2.33. The fourth-order valence-corrected chi connectivity index (χ4v) is 4.27. The number of hydroxylamine groups is 1. The topological polar surface area (TPSA) is 134 Å². The van der Waals surface area contributed by atoms with Crippen LogP contribution in [0.25, 0.3) is 11.1 Å². The zero-order valence-electron chi connectivity index (χ0n) is 17.6. The van der Waals surface area contributed by atoms with Crippen molar-refractivity contribution in [1.29, 1.82) is 0 Å². The van der Waals surface area contributed by atoms with Gasteiger partial charge in [-0.25, -0.2) is 13.9 Å². The van der Waals surface area contributed by atoms with Crippen LogP contribution in [-0.4, -0.2) is 43.3 Å². The van der Waals surface area contributed by atoms with Crippen LogP contribution >= 0.6 is 0 Å². The first-order chi connectivity index (χ1) is 14.6. The van der Waals surface area contributed by atoms with Crippen molar-refractivity contribution < 1.29 is 28.0 Å². The van der Waals surface area contributed by atoms with Gasteiger partial charge in [-0.05, 0) is 38.0 Å². The van der Waals surface area contributed by atoms with E-state index in [-0.39, 0.29) is 30.7 Å². The van der Waals surface area contributed by atoms with E-state index in [9.17, 15) is 18.0 Å². The number of carbonyl (C=O) groups excluding carboxylic acids is 2. The molecule has 1 atom stereocenters. The fourth-order valence-electron chi connectivity index (χ4n) is 2.91. The first kappa shape index (κ1) is 24.2. The van der Waals surface area contributed by atoms with E-state index in [1.807, 2.05) is 44.2 Å². The average molecular weight is 450 g/mol. The van der Waals surface area contributed by atoms with Gasteiger partial charge in [0.1, 0.15) is 5.75 Å². The Bertz CT molecular complexity index is 1010. The largest absolute Gasteiger partial charge is 0.490 e. The Morgan fingerprint density at radius 2 is 1.77 bits per heavy atom. The lowest BCUT2D eigenvalue weighted by Crippen LogP contribution is -2.43. The maximum atomic E-state index is 12.8. The van der Waals surface area contributed by atoms with E-state index in [1.165, 1.54) is 12.4 Å². The van der Waals surface area contributed by atoms with Crippen molar-refractivity contribution in [2.24, 2.45) is 0 Å². The van der Waals surface area contributed by atoms with Crippen molar-refractivity contribution >= 4 is 27.5 Å². The molecule has 0 bridgehead atoms. The molecule has 2 rings (SSSR count). The highest BCUT2D eigenvalue weighted by molar-refractivity contribution is 7.94. The van der Waals surface area contributed by atoms with Crippen LogP contribution in [0.1, 0.15) is 27.2 Å². The minimum absolute atomic E-state index is 0.0526. The standard InChI is InChI=1S/C21H27N3O6S/c1-14(2)30-19-13-17(9-10-18(19)16-7-5-4-6-8-16)24-31(28,29)20(21(26)23-27)11-12-22-15(3)25/h4-10,13-14,20,24,27H,11-12H2,1-3H3,(H,22,25)(H,23,26)/t20-/m1/s1. The van der Waals surface area contributed by atoms with E-state index in [2.05, 4.69) is 10.0 Å². The van der Waals surface area contributed by atoms with E-state index in [4.69, 9.17) is 9.94 Å². The van der Waals surface area contributed by atoms with E-state index >= 15 is 0 Å². The van der Waals surface area contributed by atoms with Crippen LogP contribution in [0.2, 0.25) is 0 Å². The third-order valence-electron chi connectivity index (χ3n) is 4.25. The number of hydrogen-bond donors (Lipinski definition) is 4. The summed E-state index contributed by atoms with van der Waals surface area (Å²) in [6.07, 6.45) is -0.376. The number of amides is 2. The molecule has 0 spiro atoms. The predicted molar refractivity (Wildman–Crippen MR) is 117 cm³/mol. The molecule has 0 aliphatic rings. The SMILES string of the molecule is CC(=O)NCC[C@H](C(=O)NO)S(=O)(=O)Nc1ccc(-c2ccccc2)c(OC(C)C)c1. The molecular weight excluding hydrogens is 422 g/mol. The third-order valence-corrected chi connectivity index (χ3v) is 5.97. The van der Waals surface area contributed by atoms with E-state index < -0.39 is 21.2 Å². The van der Waals surface area contributed by atoms with Gasteiger partial charge in [0.15, 0.2) is 5.25 Å². The quantitative estimate of drug-likeness (QED) is 0.325. The molecule has 0 aromatic heterocycles. The molecule has 168 valence electrons. The number of hydrogen-bond acceptors (Lipinski definition) is 6. The van der Waals surface area contributed by atoms with Crippen molar-refractivity contribution in [2.75, 3.05) is 11.3 Å². The van der Waals surface area contributed by atoms with Gasteiger partial charge < -0.3 is 10.1 Å². The molecule has 2 aromatic rings. The number of anilines is 1. The molecule has 0 fully saturated rings. The van der Waals surface area contributed by atoms with E-state index in [1.54, 1.807) is 18.2 Å². The molecule has 0 heterocycles. The zero-order valence-corrected chi connectivity index (χ0v) is 18.4. The van der Waals surface area contributed by atoms with Crippen molar-refractivity contribution in [1.82, 2.24) is 10.8 Å². The lowest BCUT2D eigenvalue weighted by atomic mass is 10.0. The number of sulfonamides is 1. The second-order valence-corrected chi connectivity index (χ2v) is 8.99. The Labute approximate surface area is 181 Å². The summed E-state index contributed by atoms with van der Waals surface area (Å²) in [5.41, 5.74) is 3.26. The van der Waals surface area contributed by atoms with Crippen molar-refractivity contribution in [3.05, 3.63) is 48.5 Å². The summed E-state index contributed by atoms with van der Waals surface area (Å²) >= 11 is 0. The molecule has 2 aromatic carbocycles. The second kappa shape index (κ2) is 10.8. The van der Waals surface area contributed by atoms with Gasteiger partial charge in [0, 0.05) is 25.1 Å². The summed E-state index contributed by atoms with van der Waals surface area (Å²) in [5.74, 6) is -0.985. The fraction of sp³-hybridized carbons (Fsp3) is 0.333. The van der Waals surface area contributed by atoms with Crippen LogP contribution in [0.5, 0.6) is 5.75 Å². The van der Waals surface area contributed by atoms with Gasteiger partial charge in [0.05, 0.1) is 11.8 Å². The first-order valence-corrected chi connectivity index (χ1v) is 11.2. The molecule has 0 aliphatic carbocycles. The summed E-state index contributed by atoms with van der Waals surface area (Å²) in [6, 6.07) is 14.3. The molecule has 9 nitrogen and oxygen atoms in total. The lowest BCUT2D eigenvalue weighted by Gasteiger charge is -2.19. The maximum Gasteiger partial charge on any atom is 0.263 e. The summed E-state index contributed by atoms with van der Waals surface area (Å²) in [7, 11) is -4.24. The first-order valence-electron chi connectivity index (χ1n) is 9.70. The molecule has 4 N–H and O–H groups in total. The molecule has 0 radical (unpaired) electrons. The van der Waals surface area contributed by atoms with Gasteiger partial charge in [0.25, 0.3) is 5.91 Å². The summed E-state index contributed by atoms with van der Waals surface area (Å²) < 4.78 is 33.9. The minimum Gasteiger partial charge on any atom is -0.490 e. The number of nitrogens with one attached hydrogen (secondary N) is 3. The van der Waals surface area contributed by atoms with Gasteiger partial charge in [-0.2, -0.15) is 0 Å². The van der Waals surface area contributed by atoms with Crippen LogP contribution in [0.4, 0.5) is 5.69 Å². The molecule has 31 heavy (non-hydrogen) atoms. The zero-order chi connectivity index (χ0) is 23.0. The van der Waals surface area contributed by atoms with Crippen LogP contribution in [0.3, 0.4) is 0 Å². The highest BCUT2D eigenvalue weighted by atomic mass is 32.2. The Kier molecular flexibility index (Phi) is 8.40. The monoisotopic (exact) mass is 449 g/mol. The van der Waals surface area contributed by atoms with E-state index in [0.29, 0.717) is 5.75 Å². The third kappa shape index (κ3) is 6.97. The van der Waals surface area contributed by atoms with Crippen molar-refractivity contribution in [3.63, 3.8) is 0 Å². The maximum absolute atomic E-state index is 12.8. The van der Waals surface area contributed by atoms with Crippen LogP contribution in [0, 0.1) is 0 Å². The summed E-state index contributed by atoms with van der Waals surface area (Å²) in [5, 5.41) is 9.77. The van der Waals surface area contributed by atoms with Gasteiger partial charge in [-0.3, -0.25) is 19.5 Å². The summed E-state index contributed by atoms with van der Waals surface area (Å²) in [4.78, 5) is 23.0. The Hall–Kier alpha value is -3.11. The van der Waals surface area contributed by atoms with Crippen LogP contribution in [0.15, 0.2) is 48.5 Å². The lowest BCUT2D eigenvalue weighted by molar-refractivity contribution is -0.129. The van der Waals surface area contributed by atoms with E-state index in [0.717, 1.165) is 11.1 Å². The van der Waals surface area contributed by atoms with Gasteiger partial charge >= 0.3 is 0 Å². The van der Waals surface area contributed by atoms with Crippen molar-refractivity contribution in [2.45, 2.75) is 38.5 Å². The predicted octanol–water partition coefficient (Wildman–Crippen LogP) is 2.28. The van der Waals surface area contributed by atoms with Gasteiger partial charge in [-0.15, -0.1) is 0 Å². The van der Waals surface area contributed by atoms with Crippen LogP contribution in [-0.2, 0) is 19.6 Å². The molecule has 0 unspecified atom stereocenters. The molecule has 2 amide bonds. The van der Waals surface area contributed by atoms with Crippen LogP contribution < -0.4 is 20.3 Å². The highest BCUT2D eigenvalue weighted by Crippen LogP contribution is 2.33. The molecule has 0 saturated carbocycles.